The van der Waals surface area contributed by atoms with Crippen LogP contribution in [0, 0.1) is 0 Å². The van der Waals surface area contributed by atoms with E-state index in [2.05, 4.69) is 33.2 Å². The average Bonchev–Trinajstić information content (AvgIpc) is 2.72. The van der Waals surface area contributed by atoms with Crippen LogP contribution in [0.25, 0.3) is 0 Å². The highest BCUT2D eigenvalue weighted by Crippen LogP contribution is 2.28. The van der Waals surface area contributed by atoms with E-state index in [-0.39, 0.29) is 0 Å². The largest absolute Gasteiger partial charge is 0.311 e. The molecule has 0 spiro atoms. The first kappa shape index (κ1) is 14.0. The second-order valence-corrected chi connectivity index (χ2v) is 6.18. The number of aromatic nitrogens is 1. The molecule has 2 unspecified atom stereocenters. The number of nitrogens with one attached hydrogen (secondary N) is 1. The van der Waals surface area contributed by atoms with Gasteiger partial charge >= 0.3 is 0 Å². The summed E-state index contributed by atoms with van der Waals surface area (Å²) in [5.41, 5.74) is 1.27. The van der Waals surface area contributed by atoms with Crippen molar-refractivity contribution in [3.8, 4) is 0 Å². The van der Waals surface area contributed by atoms with Crippen LogP contribution in [0.2, 0.25) is 0 Å². The van der Waals surface area contributed by atoms with Crippen LogP contribution < -0.4 is 5.32 Å². The predicted molar refractivity (Wildman–Crippen MR) is 81.6 cm³/mol. The Morgan fingerprint density at radius 3 is 3.05 bits per heavy atom. The molecule has 2 fully saturated rings. The number of likely N-dealkylation sites (tertiary alicyclic amines) is 1. The molecule has 2 bridgehead atoms. The molecular formula is C16H26N4. The number of nitrogens with zero attached hydrogens (tertiary/aromatic N) is 3. The summed E-state index contributed by atoms with van der Waals surface area (Å²) >= 11 is 0. The van der Waals surface area contributed by atoms with Crippen LogP contribution in [0.15, 0.2) is 24.5 Å². The van der Waals surface area contributed by atoms with Crippen LogP contribution in [-0.4, -0.2) is 60.1 Å². The molecule has 1 aromatic heterocycles. The van der Waals surface area contributed by atoms with E-state index in [0.29, 0.717) is 0 Å². The fourth-order valence-corrected chi connectivity index (χ4v) is 3.55. The highest BCUT2D eigenvalue weighted by atomic mass is 15.3. The van der Waals surface area contributed by atoms with Gasteiger partial charge < -0.3 is 10.2 Å². The second kappa shape index (κ2) is 6.66. The first-order valence-electron chi connectivity index (χ1n) is 7.87. The smallest absolute Gasteiger partial charge is 0.0312 e. The van der Waals surface area contributed by atoms with Crippen molar-refractivity contribution in [3.05, 3.63) is 30.1 Å². The quantitative estimate of drug-likeness (QED) is 0.821. The van der Waals surface area contributed by atoms with Crippen molar-refractivity contribution < 1.29 is 0 Å². The third-order valence-corrected chi connectivity index (χ3v) is 4.89. The summed E-state index contributed by atoms with van der Waals surface area (Å²) in [6, 6.07) is 5.76. The summed E-state index contributed by atoms with van der Waals surface area (Å²) in [7, 11) is 2.31. The zero-order valence-corrected chi connectivity index (χ0v) is 12.5. The van der Waals surface area contributed by atoms with Gasteiger partial charge in [-0.2, -0.15) is 0 Å². The van der Waals surface area contributed by atoms with Gasteiger partial charge in [0.05, 0.1) is 0 Å². The van der Waals surface area contributed by atoms with Crippen molar-refractivity contribution in [2.75, 3.05) is 33.2 Å². The van der Waals surface area contributed by atoms with Crippen LogP contribution in [0.4, 0.5) is 0 Å². The van der Waals surface area contributed by atoms with Gasteiger partial charge in [0.2, 0.25) is 0 Å². The van der Waals surface area contributed by atoms with Gasteiger partial charge in [0.15, 0.2) is 0 Å². The minimum absolute atomic E-state index is 0.792. The Balaban J connectivity index is 1.39. The molecule has 3 heterocycles. The van der Waals surface area contributed by atoms with Crippen LogP contribution in [-0.2, 0) is 6.54 Å². The molecule has 1 aromatic rings. The van der Waals surface area contributed by atoms with Crippen molar-refractivity contribution in [1.82, 2.24) is 20.1 Å². The van der Waals surface area contributed by atoms with Gasteiger partial charge in [-0.1, -0.05) is 6.07 Å². The Labute approximate surface area is 122 Å². The molecule has 4 heteroatoms. The number of hydrogen-bond acceptors (Lipinski definition) is 4. The van der Waals surface area contributed by atoms with Crippen molar-refractivity contribution in [2.24, 2.45) is 0 Å². The summed E-state index contributed by atoms with van der Waals surface area (Å²) in [5.74, 6) is 0. The molecule has 2 aliphatic rings. The summed E-state index contributed by atoms with van der Waals surface area (Å²) < 4.78 is 0. The number of pyridine rings is 1. The normalized spacial score (nSPS) is 27.6. The summed E-state index contributed by atoms with van der Waals surface area (Å²) in [6.45, 7) is 5.67. The van der Waals surface area contributed by atoms with Gasteiger partial charge in [-0.05, 0) is 44.5 Å². The molecular weight excluding hydrogens is 248 g/mol. The van der Waals surface area contributed by atoms with Gasteiger partial charge in [-0.25, -0.2) is 0 Å². The van der Waals surface area contributed by atoms with Crippen LogP contribution in [0.3, 0.4) is 0 Å². The fourth-order valence-electron chi connectivity index (χ4n) is 3.55. The van der Waals surface area contributed by atoms with E-state index in [0.717, 1.165) is 31.7 Å². The van der Waals surface area contributed by atoms with Crippen molar-refractivity contribution in [2.45, 2.75) is 37.9 Å². The van der Waals surface area contributed by atoms with E-state index >= 15 is 0 Å². The lowest BCUT2D eigenvalue weighted by Gasteiger charge is -2.25. The molecule has 0 saturated carbocycles. The highest BCUT2D eigenvalue weighted by Gasteiger charge is 2.34. The van der Waals surface area contributed by atoms with Crippen LogP contribution in [0.5, 0.6) is 0 Å². The molecule has 3 rings (SSSR count). The Kier molecular flexibility index (Phi) is 4.65. The molecule has 0 radical (unpaired) electrons. The van der Waals surface area contributed by atoms with E-state index in [9.17, 15) is 0 Å². The lowest BCUT2D eigenvalue weighted by molar-refractivity contribution is 0.219. The lowest BCUT2D eigenvalue weighted by Crippen LogP contribution is -2.39. The SMILES string of the molecule is CN1C2CCC1CN(CCNCc1cccnc1)CC2. The third-order valence-electron chi connectivity index (χ3n) is 4.89. The standard InChI is InChI=1S/C16H26N4/c1-19-15-4-5-16(19)13-20(9-6-15)10-8-18-12-14-3-2-7-17-11-14/h2-3,7,11,15-16,18H,4-6,8-10,12-13H2,1H3. The molecule has 2 aliphatic heterocycles. The summed E-state index contributed by atoms with van der Waals surface area (Å²) in [6.07, 6.45) is 7.91. The molecule has 2 saturated heterocycles. The van der Waals surface area contributed by atoms with Crippen molar-refractivity contribution in [3.63, 3.8) is 0 Å². The molecule has 0 aromatic carbocycles. The van der Waals surface area contributed by atoms with Crippen LogP contribution >= 0.6 is 0 Å². The van der Waals surface area contributed by atoms with E-state index in [1.807, 2.05) is 18.5 Å². The van der Waals surface area contributed by atoms with E-state index in [1.165, 1.54) is 37.9 Å². The highest BCUT2D eigenvalue weighted by molar-refractivity contribution is 5.07. The molecule has 110 valence electrons. The minimum atomic E-state index is 0.792. The topological polar surface area (TPSA) is 31.4 Å². The summed E-state index contributed by atoms with van der Waals surface area (Å²) in [5, 5.41) is 3.53. The van der Waals surface area contributed by atoms with E-state index < -0.39 is 0 Å². The first-order valence-corrected chi connectivity index (χ1v) is 7.87. The molecule has 4 nitrogen and oxygen atoms in total. The number of hydrogen-bond donors (Lipinski definition) is 1. The maximum Gasteiger partial charge on any atom is 0.0312 e. The van der Waals surface area contributed by atoms with E-state index in [4.69, 9.17) is 0 Å². The van der Waals surface area contributed by atoms with E-state index in [1.54, 1.807) is 0 Å². The average molecular weight is 274 g/mol. The Morgan fingerprint density at radius 2 is 2.20 bits per heavy atom. The van der Waals surface area contributed by atoms with Gasteiger partial charge in [0.1, 0.15) is 0 Å². The first-order chi connectivity index (χ1) is 9.83. The molecule has 20 heavy (non-hydrogen) atoms. The Hall–Kier alpha value is -0.970. The monoisotopic (exact) mass is 274 g/mol. The van der Waals surface area contributed by atoms with Gasteiger partial charge in [0.25, 0.3) is 0 Å². The Morgan fingerprint density at radius 1 is 1.30 bits per heavy atom. The summed E-state index contributed by atoms with van der Waals surface area (Å²) in [4.78, 5) is 9.39. The van der Waals surface area contributed by atoms with Gasteiger partial charge in [0, 0.05) is 50.7 Å². The molecule has 2 atom stereocenters. The number of fused-ring (bicyclic) bond motifs is 2. The molecule has 1 N–H and O–H groups in total. The fraction of sp³-hybridized carbons (Fsp3) is 0.688. The predicted octanol–water partition coefficient (Wildman–Crippen LogP) is 1.34. The molecule has 0 amide bonds. The number of rotatable bonds is 5. The van der Waals surface area contributed by atoms with Crippen molar-refractivity contribution >= 4 is 0 Å². The minimum Gasteiger partial charge on any atom is -0.311 e. The van der Waals surface area contributed by atoms with Crippen molar-refractivity contribution in [1.29, 1.82) is 0 Å². The Bertz CT molecular complexity index is 408. The molecule has 0 aliphatic carbocycles. The maximum absolute atomic E-state index is 4.14. The van der Waals surface area contributed by atoms with Gasteiger partial charge in [-0.3, -0.25) is 9.88 Å². The maximum atomic E-state index is 4.14. The second-order valence-electron chi connectivity index (χ2n) is 6.18. The zero-order valence-electron chi connectivity index (χ0n) is 12.5. The van der Waals surface area contributed by atoms with Crippen LogP contribution in [0.1, 0.15) is 24.8 Å². The zero-order chi connectivity index (χ0) is 13.8. The lowest BCUT2D eigenvalue weighted by atomic mass is 10.1. The number of likely N-dealkylation sites (N-methyl/N-ethyl adjacent to an activating group) is 1. The third kappa shape index (κ3) is 3.37. The van der Waals surface area contributed by atoms with Gasteiger partial charge in [-0.15, -0.1) is 0 Å².